The minimum atomic E-state index is 0.185. The van der Waals surface area contributed by atoms with E-state index < -0.39 is 0 Å². The van der Waals surface area contributed by atoms with Gasteiger partial charge < -0.3 is 9.80 Å². The summed E-state index contributed by atoms with van der Waals surface area (Å²) in [5.41, 5.74) is 2.84. The van der Waals surface area contributed by atoms with Crippen LogP contribution in [0.1, 0.15) is 30.0 Å². The molecule has 8 heteroatoms. The third-order valence-electron chi connectivity index (χ3n) is 6.73. The van der Waals surface area contributed by atoms with Crippen LogP contribution in [-0.4, -0.2) is 63.9 Å². The fourth-order valence-electron chi connectivity index (χ4n) is 4.75. The Kier molecular flexibility index (Phi) is 6.31. The van der Waals surface area contributed by atoms with E-state index in [0.717, 1.165) is 48.1 Å². The van der Waals surface area contributed by atoms with Gasteiger partial charge in [-0.2, -0.15) is 5.26 Å². The Bertz CT molecular complexity index is 1200. The van der Waals surface area contributed by atoms with Crippen molar-refractivity contribution < 1.29 is 4.79 Å². The van der Waals surface area contributed by atoms with Crippen LogP contribution in [0, 0.1) is 11.3 Å². The minimum Gasteiger partial charge on any atom is -0.351 e. The smallest absolute Gasteiger partial charge is 0.237 e. The Morgan fingerprint density at radius 3 is 2.71 bits per heavy atom. The maximum absolute atomic E-state index is 13.2. The van der Waals surface area contributed by atoms with Gasteiger partial charge in [0, 0.05) is 54.8 Å². The molecule has 2 aliphatic rings. The highest BCUT2D eigenvalue weighted by Gasteiger charge is 2.33. The van der Waals surface area contributed by atoms with E-state index in [2.05, 4.69) is 46.8 Å². The lowest BCUT2D eigenvalue weighted by Crippen LogP contribution is -2.58. The highest BCUT2D eigenvalue weighted by atomic mass is 32.1. The molecule has 4 heterocycles. The summed E-state index contributed by atoms with van der Waals surface area (Å²) < 4.78 is 0. The van der Waals surface area contributed by atoms with Crippen molar-refractivity contribution in [1.82, 2.24) is 19.8 Å². The van der Waals surface area contributed by atoms with E-state index in [1.54, 1.807) is 17.5 Å². The van der Waals surface area contributed by atoms with Crippen LogP contribution in [0.15, 0.2) is 48.7 Å². The Hall–Kier alpha value is -3.28. The van der Waals surface area contributed by atoms with Crippen molar-refractivity contribution in [3.8, 4) is 16.6 Å². The molecule has 0 N–H and O–H groups in total. The molecule has 0 saturated carbocycles. The lowest BCUT2D eigenvalue weighted by molar-refractivity contribution is -0.134. The normalized spacial score (nSPS) is 20.6. The maximum atomic E-state index is 13.2. The Morgan fingerprint density at radius 1 is 1.15 bits per heavy atom. The summed E-state index contributed by atoms with van der Waals surface area (Å²) in [6, 6.07) is 16.5. The zero-order valence-corrected chi connectivity index (χ0v) is 20.3. The molecule has 1 saturated heterocycles. The number of nitrogens with zero attached hydrogens (tertiary/aromatic N) is 6. The molecule has 34 heavy (non-hydrogen) atoms. The van der Waals surface area contributed by atoms with Crippen LogP contribution in [0.3, 0.4) is 0 Å². The number of thiazole rings is 1. The minimum absolute atomic E-state index is 0.185. The molecule has 2 atom stereocenters. The molecule has 1 amide bonds. The number of carbonyl (C=O) groups excluding carboxylic acids is 1. The van der Waals surface area contributed by atoms with Crippen LogP contribution in [0.2, 0.25) is 0 Å². The zero-order valence-electron chi connectivity index (χ0n) is 19.5. The topological polar surface area (TPSA) is 76.4 Å². The quantitative estimate of drug-likeness (QED) is 0.578. The number of hydrogen-bond donors (Lipinski definition) is 0. The highest BCUT2D eigenvalue weighted by molar-refractivity contribution is 7.15. The van der Waals surface area contributed by atoms with Crippen molar-refractivity contribution in [3.05, 3.63) is 64.8 Å². The monoisotopic (exact) mass is 472 g/mol. The molecule has 3 aromatic rings. The third-order valence-corrected chi connectivity index (χ3v) is 7.86. The largest absolute Gasteiger partial charge is 0.351 e. The first-order valence-electron chi connectivity index (χ1n) is 11.7. The fraction of sp³-hybridized carbons (Fsp3) is 0.385. The van der Waals surface area contributed by atoms with Crippen LogP contribution < -0.4 is 4.90 Å². The number of amides is 1. The number of anilines is 1. The van der Waals surface area contributed by atoms with Gasteiger partial charge in [-0.3, -0.25) is 9.69 Å². The van der Waals surface area contributed by atoms with Crippen molar-refractivity contribution in [2.45, 2.75) is 38.9 Å². The summed E-state index contributed by atoms with van der Waals surface area (Å²) in [6.45, 7) is 7.73. The number of fused-ring (bicyclic) bond motifs is 1. The second-order valence-electron chi connectivity index (χ2n) is 9.12. The SMILES string of the molecule is CC1CN(c2ccc(C#N)cn2)C(C)CN1CC(=O)N1CCc2nc(-c3ccccc3)sc2C1. The van der Waals surface area contributed by atoms with E-state index in [9.17, 15) is 4.79 Å². The average molecular weight is 473 g/mol. The van der Waals surface area contributed by atoms with Gasteiger partial charge in [0.15, 0.2) is 0 Å². The van der Waals surface area contributed by atoms with E-state index in [-0.39, 0.29) is 18.0 Å². The van der Waals surface area contributed by atoms with Crippen molar-refractivity contribution in [1.29, 1.82) is 5.26 Å². The molecule has 1 fully saturated rings. The molecule has 0 spiro atoms. The second-order valence-corrected chi connectivity index (χ2v) is 10.2. The number of hydrogen-bond acceptors (Lipinski definition) is 7. The molecule has 2 aliphatic heterocycles. The van der Waals surface area contributed by atoms with Crippen LogP contribution in [-0.2, 0) is 17.8 Å². The molecule has 7 nitrogen and oxygen atoms in total. The Morgan fingerprint density at radius 2 is 1.97 bits per heavy atom. The lowest BCUT2D eigenvalue weighted by Gasteiger charge is -2.45. The van der Waals surface area contributed by atoms with Crippen LogP contribution in [0.5, 0.6) is 0 Å². The summed E-state index contributed by atoms with van der Waals surface area (Å²) in [6.07, 6.45) is 2.43. The summed E-state index contributed by atoms with van der Waals surface area (Å²) in [5, 5.41) is 10.1. The molecule has 2 unspecified atom stereocenters. The van der Waals surface area contributed by atoms with Gasteiger partial charge in [-0.15, -0.1) is 11.3 Å². The lowest BCUT2D eigenvalue weighted by atomic mass is 10.1. The van der Waals surface area contributed by atoms with Crippen molar-refractivity contribution >= 4 is 23.1 Å². The van der Waals surface area contributed by atoms with E-state index in [1.165, 1.54) is 4.88 Å². The Labute approximate surface area is 204 Å². The summed E-state index contributed by atoms with van der Waals surface area (Å²) in [5.74, 6) is 1.07. The first-order chi connectivity index (χ1) is 16.5. The maximum Gasteiger partial charge on any atom is 0.237 e. The number of rotatable bonds is 4. The van der Waals surface area contributed by atoms with Crippen molar-refractivity contribution in [2.24, 2.45) is 0 Å². The highest BCUT2D eigenvalue weighted by Crippen LogP contribution is 2.32. The summed E-state index contributed by atoms with van der Waals surface area (Å²) in [7, 11) is 0. The number of aromatic nitrogens is 2. The van der Waals surface area contributed by atoms with Gasteiger partial charge in [0.25, 0.3) is 0 Å². The molecule has 5 rings (SSSR count). The van der Waals surface area contributed by atoms with Gasteiger partial charge in [0.2, 0.25) is 5.91 Å². The standard InChI is InChI=1S/C26H28N6OS/c1-18-15-32(24-9-8-20(12-27)13-28-24)19(2)14-31(18)17-25(33)30-11-10-22-23(16-30)34-26(29-22)21-6-4-3-5-7-21/h3-9,13,18-19H,10-11,14-17H2,1-2H3. The van der Waals surface area contributed by atoms with Gasteiger partial charge in [-0.05, 0) is 26.0 Å². The molecule has 174 valence electrons. The molecule has 2 aromatic heterocycles. The number of pyridine rings is 1. The Balaban J connectivity index is 1.21. The van der Waals surface area contributed by atoms with Gasteiger partial charge in [-0.25, -0.2) is 9.97 Å². The number of nitriles is 1. The molecular formula is C26H28N6OS. The number of benzene rings is 1. The van der Waals surface area contributed by atoms with Crippen LogP contribution >= 0.6 is 11.3 Å². The van der Waals surface area contributed by atoms with E-state index >= 15 is 0 Å². The molecule has 1 aromatic carbocycles. The van der Waals surface area contributed by atoms with E-state index in [4.69, 9.17) is 10.2 Å². The van der Waals surface area contributed by atoms with E-state index in [1.807, 2.05) is 35.2 Å². The molecular weight excluding hydrogens is 444 g/mol. The van der Waals surface area contributed by atoms with Gasteiger partial charge in [-0.1, -0.05) is 30.3 Å². The average Bonchev–Trinajstić information content (AvgIpc) is 3.30. The predicted octanol–water partition coefficient (Wildman–Crippen LogP) is 3.56. The van der Waals surface area contributed by atoms with Crippen LogP contribution in [0.4, 0.5) is 5.82 Å². The van der Waals surface area contributed by atoms with E-state index in [0.29, 0.717) is 18.7 Å². The van der Waals surface area contributed by atoms with Crippen molar-refractivity contribution in [2.75, 3.05) is 31.1 Å². The first-order valence-corrected chi connectivity index (χ1v) is 12.5. The number of piperazine rings is 1. The first kappa shape index (κ1) is 22.5. The molecule has 0 bridgehead atoms. The predicted molar refractivity (Wildman–Crippen MR) is 133 cm³/mol. The van der Waals surface area contributed by atoms with Gasteiger partial charge in [0.05, 0.1) is 24.3 Å². The zero-order chi connectivity index (χ0) is 23.7. The fourth-order valence-corrected chi connectivity index (χ4v) is 5.88. The third kappa shape index (κ3) is 4.54. The number of carbonyl (C=O) groups is 1. The summed E-state index contributed by atoms with van der Waals surface area (Å²) in [4.78, 5) is 30.3. The van der Waals surface area contributed by atoms with Crippen LogP contribution in [0.25, 0.3) is 10.6 Å². The molecule has 0 aliphatic carbocycles. The summed E-state index contributed by atoms with van der Waals surface area (Å²) >= 11 is 1.70. The second kappa shape index (κ2) is 9.53. The molecule has 0 radical (unpaired) electrons. The van der Waals surface area contributed by atoms with Gasteiger partial charge >= 0.3 is 0 Å². The van der Waals surface area contributed by atoms with Gasteiger partial charge in [0.1, 0.15) is 16.9 Å². The van der Waals surface area contributed by atoms with Crippen molar-refractivity contribution in [3.63, 3.8) is 0 Å².